The van der Waals surface area contributed by atoms with E-state index in [9.17, 15) is 18.8 Å². The van der Waals surface area contributed by atoms with Crippen LogP contribution in [-0.2, 0) is 14.4 Å². The summed E-state index contributed by atoms with van der Waals surface area (Å²) in [7, 11) is 0. The number of hydrogen-bond acceptors (Lipinski definition) is 6. The number of anilines is 1. The van der Waals surface area contributed by atoms with Crippen molar-refractivity contribution < 1.29 is 18.8 Å². The smallest absolute Gasteiger partial charge is 0.277 e. The van der Waals surface area contributed by atoms with Crippen LogP contribution in [0.4, 0.5) is 10.2 Å². The lowest BCUT2D eigenvalue weighted by Gasteiger charge is -2.28. The van der Waals surface area contributed by atoms with E-state index in [1.165, 1.54) is 11.0 Å². The van der Waals surface area contributed by atoms with Crippen LogP contribution in [0.25, 0.3) is 11.3 Å². The van der Waals surface area contributed by atoms with Crippen molar-refractivity contribution in [3.63, 3.8) is 0 Å². The summed E-state index contributed by atoms with van der Waals surface area (Å²) in [6, 6.07) is 6.25. The third-order valence-corrected chi connectivity index (χ3v) is 5.66. The molecule has 2 aromatic rings. The van der Waals surface area contributed by atoms with E-state index in [4.69, 9.17) is 0 Å². The van der Waals surface area contributed by atoms with Crippen LogP contribution in [0.2, 0.25) is 0 Å². The van der Waals surface area contributed by atoms with Crippen molar-refractivity contribution in [1.82, 2.24) is 19.8 Å². The lowest BCUT2D eigenvalue weighted by atomic mass is 10.0. The molecule has 0 bridgehead atoms. The molecule has 0 saturated heterocycles. The van der Waals surface area contributed by atoms with Gasteiger partial charge in [-0.05, 0) is 49.9 Å². The Morgan fingerprint density at radius 2 is 1.94 bits per heavy atom. The predicted molar refractivity (Wildman–Crippen MR) is 109 cm³/mol. The first-order valence-electron chi connectivity index (χ1n) is 10.2. The number of nitrogens with one attached hydrogen (secondary N) is 1. The summed E-state index contributed by atoms with van der Waals surface area (Å²) in [6.07, 6.45) is 5.68. The Morgan fingerprint density at radius 1 is 1.10 bits per heavy atom. The third kappa shape index (κ3) is 3.67. The second-order valence-electron chi connectivity index (χ2n) is 7.91. The summed E-state index contributed by atoms with van der Waals surface area (Å²) >= 11 is 0. The minimum atomic E-state index is -0.417. The Balaban J connectivity index is 1.26. The number of nitrogens with zero attached hydrogens (tertiary/aromatic N) is 4. The number of rotatable bonds is 5. The molecule has 158 valence electrons. The van der Waals surface area contributed by atoms with Gasteiger partial charge in [0.1, 0.15) is 17.3 Å². The highest BCUT2D eigenvalue weighted by Gasteiger charge is 2.48. The molecular weight excluding hydrogens is 401 g/mol. The van der Waals surface area contributed by atoms with Crippen molar-refractivity contribution in [2.45, 2.75) is 31.7 Å². The molecule has 0 aromatic carbocycles. The van der Waals surface area contributed by atoms with Crippen molar-refractivity contribution in [2.24, 2.45) is 0 Å². The van der Waals surface area contributed by atoms with Gasteiger partial charge in [0.05, 0.1) is 18.4 Å². The second kappa shape index (κ2) is 7.57. The summed E-state index contributed by atoms with van der Waals surface area (Å²) in [4.78, 5) is 49.3. The zero-order valence-electron chi connectivity index (χ0n) is 16.7. The number of amides is 3. The number of halogens is 1. The molecule has 3 amide bonds. The van der Waals surface area contributed by atoms with E-state index < -0.39 is 5.82 Å². The standard InChI is InChI=1S/C22H20FN5O3/c23-14-4-7-17(24-11-14)13-3-8-18(25-10-13)26-19(29)12-27-9-1-2-16-20(27)22(31)28(21(16)30)15-5-6-15/h3-4,7-8,10-11,15H,1-2,5-6,9,12H2,(H,25,26,29). The molecule has 1 saturated carbocycles. The summed E-state index contributed by atoms with van der Waals surface area (Å²) in [5.41, 5.74) is 2.18. The Labute approximate surface area is 177 Å². The van der Waals surface area contributed by atoms with Crippen LogP contribution in [0.15, 0.2) is 47.9 Å². The van der Waals surface area contributed by atoms with E-state index in [2.05, 4.69) is 15.3 Å². The quantitative estimate of drug-likeness (QED) is 0.743. The molecule has 1 fully saturated rings. The molecule has 5 rings (SSSR count). The maximum absolute atomic E-state index is 13.0. The largest absolute Gasteiger partial charge is 0.357 e. The first kappa shape index (κ1) is 19.3. The fourth-order valence-corrected chi connectivity index (χ4v) is 4.04. The van der Waals surface area contributed by atoms with E-state index in [1.807, 2.05) is 0 Å². The van der Waals surface area contributed by atoms with Gasteiger partial charge in [-0.3, -0.25) is 24.3 Å². The van der Waals surface area contributed by atoms with Crippen molar-refractivity contribution in [3.05, 3.63) is 53.7 Å². The predicted octanol–water partition coefficient (Wildman–Crippen LogP) is 2.10. The van der Waals surface area contributed by atoms with Crippen molar-refractivity contribution in [3.8, 4) is 11.3 Å². The molecule has 1 aliphatic carbocycles. The number of imide groups is 1. The molecule has 0 radical (unpaired) electrons. The first-order valence-corrected chi connectivity index (χ1v) is 10.2. The Kier molecular flexibility index (Phi) is 4.72. The van der Waals surface area contributed by atoms with E-state index in [0.29, 0.717) is 41.3 Å². The minimum absolute atomic E-state index is 0.0135. The lowest BCUT2D eigenvalue weighted by molar-refractivity contribution is -0.138. The van der Waals surface area contributed by atoms with Gasteiger partial charge in [0.2, 0.25) is 5.91 Å². The van der Waals surface area contributed by atoms with Crippen LogP contribution in [0.1, 0.15) is 25.7 Å². The lowest BCUT2D eigenvalue weighted by Crippen LogP contribution is -2.40. The van der Waals surface area contributed by atoms with Crippen LogP contribution in [0.3, 0.4) is 0 Å². The number of carbonyl (C=O) groups is 3. The van der Waals surface area contributed by atoms with E-state index in [0.717, 1.165) is 25.5 Å². The second-order valence-corrected chi connectivity index (χ2v) is 7.91. The zero-order chi connectivity index (χ0) is 21.5. The maximum Gasteiger partial charge on any atom is 0.277 e. The van der Waals surface area contributed by atoms with Gasteiger partial charge in [0.15, 0.2) is 0 Å². The molecule has 31 heavy (non-hydrogen) atoms. The van der Waals surface area contributed by atoms with Gasteiger partial charge >= 0.3 is 0 Å². The molecule has 0 unspecified atom stereocenters. The summed E-state index contributed by atoms with van der Waals surface area (Å²) < 4.78 is 13.0. The number of pyridine rings is 2. The minimum Gasteiger partial charge on any atom is -0.357 e. The van der Waals surface area contributed by atoms with Crippen LogP contribution >= 0.6 is 0 Å². The van der Waals surface area contributed by atoms with Crippen molar-refractivity contribution >= 4 is 23.5 Å². The SMILES string of the molecule is O=C(CN1CCCC2=C1C(=O)N(C1CC1)C2=O)Nc1ccc(-c2ccc(F)cn2)cn1. The Hall–Kier alpha value is -3.62. The molecule has 1 N–H and O–H groups in total. The Bertz CT molecular complexity index is 1090. The zero-order valence-corrected chi connectivity index (χ0v) is 16.7. The van der Waals surface area contributed by atoms with Crippen molar-refractivity contribution in [2.75, 3.05) is 18.4 Å². The highest BCUT2D eigenvalue weighted by molar-refractivity contribution is 6.19. The van der Waals surface area contributed by atoms with E-state index in [1.54, 1.807) is 29.3 Å². The number of hydrogen-bond donors (Lipinski definition) is 1. The monoisotopic (exact) mass is 421 g/mol. The van der Waals surface area contributed by atoms with E-state index in [-0.39, 0.29) is 30.3 Å². The van der Waals surface area contributed by atoms with Gasteiger partial charge < -0.3 is 10.2 Å². The van der Waals surface area contributed by atoms with Gasteiger partial charge in [-0.15, -0.1) is 0 Å². The maximum atomic E-state index is 13.0. The molecular formula is C22H20FN5O3. The van der Waals surface area contributed by atoms with Gasteiger partial charge in [0.25, 0.3) is 11.8 Å². The molecule has 9 heteroatoms. The summed E-state index contributed by atoms with van der Waals surface area (Å²) in [5.74, 6) is -0.850. The van der Waals surface area contributed by atoms with E-state index >= 15 is 0 Å². The van der Waals surface area contributed by atoms with Gasteiger partial charge in [-0.2, -0.15) is 0 Å². The van der Waals surface area contributed by atoms with Crippen LogP contribution in [0.5, 0.6) is 0 Å². The summed E-state index contributed by atoms with van der Waals surface area (Å²) in [6.45, 7) is 0.520. The molecule has 8 nitrogen and oxygen atoms in total. The van der Waals surface area contributed by atoms with Gasteiger partial charge in [0, 0.05) is 29.9 Å². The number of aromatic nitrogens is 2. The first-order chi connectivity index (χ1) is 15.0. The molecule has 2 aromatic heterocycles. The fourth-order valence-electron chi connectivity index (χ4n) is 4.04. The molecule has 0 spiro atoms. The average Bonchev–Trinajstić information content (AvgIpc) is 3.56. The molecule has 2 aliphatic heterocycles. The summed E-state index contributed by atoms with van der Waals surface area (Å²) in [5, 5.41) is 2.72. The highest BCUT2D eigenvalue weighted by Crippen LogP contribution is 2.38. The normalized spacial score (nSPS) is 18.5. The van der Waals surface area contributed by atoms with Crippen LogP contribution in [0, 0.1) is 5.82 Å². The molecule has 4 heterocycles. The van der Waals surface area contributed by atoms with Crippen LogP contribution in [-0.4, -0.2) is 56.6 Å². The fraction of sp³-hybridized carbons (Fsp3) is 0.318. The van der Waals surface area contributed by atoms with Gasteiger partial charge in [-0.1, -0.05) is 0 Å². The highest BCUT2D eigenvalue weighted by atomic mass is 19.1. The van der Waals surface area contributed by atoms with Crippen LogP contribution < -0.4 is 5.32 Å². The van der Waals surface area contributed by atoms with Crippen molar-refractivity contribution in [1.29, 1.82) is 0 Å². The number of carbonyl (C=O) groups excluding carboxylic acids is 3. The van der Waals surface area contributed by atoms with Gasteiger partial charge in [-0.25, -0.2) is 9.37 Å². The average molecular weight is 421 g/mol. The Morgan fingerprint density at radius 3 is 2.61 bits per heavy atom. The molecule has 0 atom stereocenters. The molecule has 3 aliphatic rings. The third-order valence-electron chi connectivity index (χ3n) is 5.66. The topological polar surface area (TPSA) is 95.5 Å².